The van der Waals surface area contributed by atoms with Gasteiger partial charge >= 0.3 is 0 Å². The lowest BCUT2D eigenvalue weighted by molar-refractivity contribution is 0.0429. The lowest BCUT2D eigenvalue weighted by Crippen LogP contribution is -2.45. The van der Waals surface area contributed by atoms with E-state index in [2.05, 4.69) is 32.9 Å². The zero-order valence-electron chi connectivity index (χ0n) is 18.8. The van der Waals surface area contributed by atoms with E-state index in [1.54, 1.807) is 5.57 Å². The molecule has 0 aromatic heterocycles. The van der Waals surface area contributed by atoms with Gasteiger partial charge in [0, 0.05) is 0 Å². The van der Waals surface area contributed by atoms with Gasteiger partial charge < -0.3 is 5.11 Å². The Kier molecular flexibility index (Phi) is 6.13. The molecule has 0 amide bonds. The van der Waals surface area contributed by atoms with Crippen molar-refractivity contribution in [2.75, 3.05) is 0 Å². The summed E-state index contributed by atoms with van der Waals surface area (Å²) in [6.45, 7) is 7.48. The SMILES string of the molecule is CCCCCCCC[C@H]1CCC2C3=CC=C4C[C@@H](O)CC[C@]4(C)C3CC[C@@]21C. The predicted molar refractivity (Wildman–Crippen MR) is 119 cm³/mol. The van der Waals surface area contributed by atoms with Gasteiger partial charge in [0.25, 0.3) is 0 Å². The summed E-state index contributed by atoms with van der Waals surface area (Å²) in [6.07, 6.45) is 23.7. The fraction of sp³-hybridized carbons (Fsp3) is 0.852. The molecule has 4 aliphatic rings. The monoisotopic (exact) mass is 384 g/mol. The van der Waals surface area contributed by atoms with Crippen molar-refractivity contribution in [1.82, 2.24) is 0 Å². The first-order valence-corrected chi connectivity index (χ1v) is 12.6. The Morgan fingerprint density at radius 1 is 0.893 bits per heavy atom. The van der Waals surface area contributed by atoms with E-state index in [1.165, 1.54) is 77.0 Å². The fourth-order valence-electron chi connectivity index (χ4n) is 7.74. The first kappa shape index (κ1) is 20.7. The van der Waals surface area contributed by atoms with E-state index < -0.39 is 0 Å². The normalized spacial score (nSPS) is 42.3. The molecule has 4 aliphatic carbocycles. The summed E-state index contributed by atoms with van der Waals surface area (Å²) < 4.78 is 0. The van der Waals surface area contributed by atoms with Crippen LogP contribution >= 0.6 is 0 Å². The summed E-state index contributed by atoms with van der Waals surface area (Å²) in [5.74, 6) is 2.54. The minimum Gasteiger partial charge on any atom is -0.393 e. The number of hydrogen-bond acceptors (Lipinski definition) is 1. The second-order valence-corrected chi connectivity index (χ2v) is 11.2. The van der Waals surface area contributed by atoms with Crippen molar-refractivity contribution in [1.29, 1.82) is 0 Å². The smallest absolute Gasteiger partial charge is 0.0578 e. The number of allylic oxidation sites excluding steroid dienone is 3. The van der Waals surface area contributed by atoms with Crippen LogP contribution in [0, 0.1) is 28.6 Å². The molecular weight excluding hydrogens is 340 g/mol. The Morgan fingerprint density at radius 3 is 2.50 bits per heavy atom. The summed E-state index contributed by atoms with van der Waals surface area (Å²) in [5.41, 5.74) is 4.25. The van der Waals surface area contributed by atoms with Gasteiger partial charge in [0.05, 0.1) is 6.10 Å². The number of aliphatic hydroxyl groups excluding tert-OH is 1. The molecule has 0 aromatic carbocycles. The molecule has 6 atom stereocenters. The molecular formula is C27H44O. The van der Waals surface area contributed by atoms with Gasteiger partial charge in [0.15, 0.2) is 0 Å². The van der Waals surface area contributed by atoms with Crippen LogP contribution in [0.2, 0.25) is 0 Å². The maximum atomic E-state index is 10.2. The van der Waals surface area contributed by atoms with Crippen molar-refractivity contribution < 1.29 is 5.11 Å². The molecule has 0 radical (unpaired) electrons. The van der Waals surface area contributed by atoms with Crippen molar-refractivity contribution in [3.05, 3.63) is 23.3 Å². The molecule has 28 heavy (non-hydrogen) atoms. The van der Waals surface area contributed by atoms with Crippen molar-refractivity contribution in [3.63, 3.8) is 0 Å². The Hall–Kier alpha value is -0.560. The molecule has 0 heterocycles. The van der Waals surface area contributed by atoms with Crippen LogP contribution in [0.25, 0.3) is 0 Å². The zero-order chi connectivity index (χ0) is 19.8. The Bertz CT molecular complexity index is 616. The van der Waals surface area contributed by atoms with E-state index in [4.69, 9.17) is 0 Å². The van der Waals surface area contributed by atoms with Gasteiger partial charge in [0.1, 0.15) is 0 Å². The molecule has 0 saturated heterocycles. The van der Waals surface area contributed by atoms with Gasteiger partial charge in [-0.15, -0.1) is 0 Å². The molecule has 1 heteroatoms. The highest BCUT2D eigenvalue weighted by molar-refractivity contribution is 5.38. The van der Waals surface area contributed by atoms with Crippen LogP contribution in [0.3, 0.4) is 0 Å². The molecule has 0 aromatic rings. The lowest BCUT2D eigenvalue weighted by atomic mass is 9.50. The summed E-state index contributed by atoms with van der Waals surface area (Å²) in [6, 6.07) is 0. The number of fused-ring (bicyclic) bond motifs is 5. The maximum Gasteiger partial charge on any atom is 0.0578 e. The van der Waals surface area contributed by atoms with Crippen LogP contribution in [0.15, 0.2) is 23.3 Å². The van der Waals surface area contributed by atoms with Crippen LogP contribution in [-0.4, -0.2) is 11.2 Å². The van der Waals surface area contributed by atoms with E-state index >= 15 is 0 Å². The van der Waals surface area contributed by atoms with Crippen LogP contribution in [-0.2, 0) is 0 Å². The molecule has 1 nitrogen and oxygen atoms in total. The molecule has 1 N–H and O–H groups in total. The van der Waals surface area contributed by atoms with Crippen molar-refractivity contribution in [2.24, 2.45) is 28.6 Å². The van der Waals surface area contributed by atoms with Gasteiger partial charge in [-0.2, -0.15) is 0 Å². The van der Waals surface area contributed by atoms with Gasteiger partial charge in [-0.3, -0.25) is 0 Å². The first-order valence-electron chi connectivity index (χ1n) is 12.6. The van der Waals surface area contributed by atoms with E-state index in [1.807, 2.05) is 5.57 Å². The van der Waals surface area contributed by atoms with E-state index in [0.717, 1.165) is 30.6 Å². The average molecular weight is 385 g/mol. The van der Waals surface area contributed by atoms with Gasteiger partial charge in [0.2, 0.25) is 0 Å². The van der Waals surface area contributed by atoms with Crippen LogP contribution in [0.1, 0.15) is 111 Å². The standard InChI is InChI=1S/C27H44O/c1-4-5-6-7-8-9-10-20-12-14-24-23-13-11-21-19-22(28)15-17-27(21,3)25(23)16-18-26(20,24)2/h11,13,20,22,24-25,28H,4-10,12,14-19H2,1-3H3/t20-,22-,24?,25?,26+,27-/m0/s1. The zero-order valence-corrected chi connectivity index (χ0v) is 18.8. The molecule has 3 fully saturated rings. The third-order valence-corrected chi connectivity index (χ3v) is 9.65. The fourth-order valence-corrected chi connectivity index (χ4v) is 7.74. The van der Waals surface area contributed by atoms with Gasteiger partial charge in [-0.05, 0) is 80.0 Å². The largest absolute Gasteiger partial charge is 0.393 e. The highest BCUT2D eigenvalue weighted by Crippen LogP contribution is 2.65. The summed E-state index contributed by atoms with van der Waals surface area (Å²) in [4.78, 5) is 0. The predicted octanol–water partition coefficient (Wildman–Crippen LogP) is 7.60. The van der Waals surface area contributed by atoms with Crippen molar-refractivity contribution in [3.8, 4) is 0 Å². The summed E-state index contributed by atoms with van der Waals surface area (Å²) in [5, 5.41) is 10.2. The third-order valence-electron chi connectivity index (χ3n) is 9.65. The average Bonchev–Trinajstić information content (AvgIpc) is 3.01. The minimum atomic E-state index is -0.101. The molecule has 0 aliphatic heterocycles. The third kappa shape index (κ3) is 3.55. The Morgan fingerprint density at radius 2 is 1.68 bits per heavy atom. The maximum absolute atomic E-state index is 10.2. The van der Waals surface area contributed by atoms with E-state index in [0.29, 0.717) is 10.8 Å². The van der Waals surface area contributed by atoms with E-state index in [9.17, 15) is 5.11 Å². The van der Waals surface area contributed by atoms with Crippen molar-refractivity contribution >= 4 is 0 Å². The summed E-state index contributed by atoms with van der Waals surface area (Å²) in [7, 11) is 0. The lowest BCUT2D eigenvalue weighted by Gasteiger charge is -2.54. The number of aliphatic hydroxyl groups is 1. The number of unbranched alkanes of at least 4 members (excludes halogenated alkanes) is 5. The molecule has 158 valence electrons. The molecule has 0 spiro atoms. The number of hydrogen-bond donors (Lipinski definition) is 1. The summed E-state index contributed by atoms with van der Waals surface area (Å²) >= 11 is 0. The first-order chi connectivity index (χ1) is 13.5. The topological polar surface area (TPSA) is 20.2 Å². The molecule has 4 rings (SSSR count). The quantitative estimate of drug-likeness (QED) is 0.448. The Balaban J connectivity index is 1.43. The Labute approximate surface area is 174 Å². The second kappa shape index (κ2) is 8.29. The van der Waals surface area contributed by atoms with E-state index in [-0.39, 0.29) is 6.10 Å². The van der Waals surface area contributed by atoms with Gasteiger partial charge in [-0.25, -0.2) is 0 Å². The molecule has 0 bridgehead atoms. The van der Waals surface area contributed by atoms with Crippen molar-refractivity contribution in [2.45, 2.75) is 117 Å². The number of rotatable bonds is 7. The van der Waals surface area contributed by atoms with Crippen LogP contribution in [0.4, 0.5) is 0 Å². The molecule has 2 unspecified atom stereocenters. The molecule has 3 saturated carbocycles. The highest BCUT2D eigenvalue weighted by atomic mass is 16.3. The highest BCUT2D eigenvalue weighted by Gasteiger charge is 2.55. The van der Waals surface area contributed by atoms with Gasteiger partial charge in [-0.1, -0.05) is 82.6 Å². The van der Waals surface area contributed by atoms with Crippen LogP contribution in [0.5, 0.6) is 0 Å². The minimum absolute atomic E-state index is 0.101. The second-order valence-electron chi connectivity index (χ2n) is 11.2. The van der Waals surface area contributed by atoms with Crippen LogP contribution < -0.4 is 0 Å².